The van der Waals surface area contributed by atoms with Crippen molar-refractivity contribution < 1.29 is 9.18 Å². The third kappa shape index (κ3) is 5.63. The minimum Gasteiger partial charge on any atom is -0.352 e. The second-order valence-electron chi connectivity index (χ2n) is 6.85. The van der Waals surface area contributed by atoms with Gasteiger partial charge in [-0.2, -0.15) is 0 Å². The lowest BCUT2D eigenvalue weighted by atomic mass is 10.1. The van der Waals surface area contributed by atoms with E-state index < -0.39 is 0 Å². The van der Waals surface area contributed by atoms with Crippen LogP contribution in [0.3, 0.4) is 0 Å². The summed E-state index contributed by atoms with van der Waals surface area (Å²) in [6.07, 6.45) is 0. The Labute approximate surface area is 168 Å². The van der Waals surface area contributed by atoms with Crippen LogP contribution in [0, 0.1) is 11.7 Å². The lowest BCUT2D eigenvalue weighted by molar-refractivity contribution is 0.0949. The summed E-state index contributed by atoms with van der Waals surface area (Å²) in [4.78, 5) is 12.1. The number of nitrogens with zero attached hydrogens (tertiary/aromatic N) is 2. The standard InChI is InChI=1S/C22H22FN3OS/c1-15(2)13-24-22(27)18-5-3-16(4-6-18)14-28-21-12-11-20(25-26-21)17-7-9-19(23)10-8-17/h3-12,15H,13-14H2,1-2H3,(H,24,27). The van der Waals surface area contributed by atoms with Crippen LogP contribution in [0.15, 0.2) is 65.7 Å². The van der Waals surface area contributed by atoms with Gasteiger partial charge in [-0.15, -0.1) is 10.2 Å². The number of carbonyl (C=O) groups is 1. The molecule has 144 valence electrons. The van der Waals surface area contributed by atoms with Crippen molar-refractivity contribution in [3.63, 3.8) is 0 Å². The molecule has 0 saturated carbocycles. The van der Waals surface area contributed by atoms with Gasteiger partial charge in [0.05, 0.1) is 5.69 Å². The summed E-state index contributed by atoms with van der Waals surface area (Å²) in [6, 6.07) is 17.6. The Morgan fingerprint density at radius 3 is 2.32 bits per heavy atom. The highest BCUT2D eigenvalue weighted by Gasteiger charge is 2.07. The minimum absolute atomic E-state index is 0.0462. The maximum absolute atomic E-state index is 13.0. The van der Waals surface area contributed by atoms with Gasteiger partial charge >= 0.3 is 0 Å². The molecule has 0 aliphatic heterocycles. The number of hydrogen-bond acceptors (Lipinski definition) is 4. The number of amides is 1. The topological polar surface area (TPSA) is 54.9 Å². The Kier molecular flexibility index (Phi) is 6.76. The average molecular weight is 396 g/mol. The lowest BCUT2D eigenvalue weighted by Crippen LogP contribution is -2.27. The summed E-state index contributed by atoms with van der Waals surface area (Å²) in [5.74, 6) is 0.844. The zero-order chi connectivity index (χ0) is 19.9. The van der Waals surface area contributed by atoms with Gasteiger partial charge in [0.1, 0.15) is 10.8 Å². The highest BCUT2D eigenvalue weighted by molar-refractivity contribution is 7.98. The molecule has 6 heteroatoms. The molecule has 0 aliphatic carbocycles. The van der Waals surface area contributed by atoms with Gasteiger partial charge in [0.2, 0.25) is 0 Å². The predicted molar refractivity (Wildman–Crippen MR) is 111 cm³/mol. The Morgan fingerprint density at radius 2 is 1.71 bits per heavy atom. The number of carbonyl (C=O) groups excluding carboxylic acids is 1. The van der Waals surface area contributed by atoms with Crippen LogP contribution in [0.5, 0.6) is 0 Å². The first kappa shape index (κ1) is 20.0. The Hall–Kier alpha value is -2.73. The SMILES string of the molecule is CC(C)CNC(=O)c1ccc(CSc2ccc(-c3ccc(F)cc3)nn2)cc1. The van der Waals surface area contributed by atoms with Gasteiger partial charge in [-0.1, -0.05) is 37.7 Å². The van der Waals surface area contributed by atoms with Crippen molar-refractivity contribution in [2.24, 2.45) is 5.92 Å². The van der Waals surface area contributed by atoms with E-state index in [1.807, 2.05) is 36.4 Å². The van der Waals surface area contributed by atoms with Gasteiger partial charge in [-0.3, -0.25) is 4.79 Å². The van der Waals surface area contributed by atoms with E-state index in [0.29, 0.717) is 23.7 Å². The van der Waals surface area contributed by atoms with Crippen LogP contribution in [0.2, 0.25) is 0 Å². The number of rotatable bonds is 7. The van der Waals surface area contributed by atoms with E-state index in [1.165, 1.54) is 12.1 Å². The summed E-state index contributed by atoms with van der Waals surface area (Å²) in [6.45, 7) is 4.80. The van der Waals surface area contributed by atoms with E-state index in [4.69, 9.17) is 0 Å². The van der Waals surface area contributed by atoms with Crippen LogP contribution >= 0.6 is 11.8 Å². The number of aromatic nitrogens is 2. The molecule has 1 aromatic heterocycles. The van der Waals surface area contributed by atoms with Crippen molar-refractivity contribution in [3.05, 3.63) is 77.6 Å². The summed E-state index contributed by atoms with van der Waals surface area (Å²) >= 11 is 1.57. The van der Waals surface area contributed by atoms with Crippen LogP contribution in [-0.2, 0) is 5.75 Å². The molecule has 0 spiro atoms. The van der Waals surface area contributed by atoms with Crippen LogP contribution in [0.1, 0.15) is 29.8 Å². The lowest BCUT2D eigenvalue weighted by Gasteiger charge is -2.08. The normalized spacial score (nSPS) is 10.9. The molecular formula is C22H22FN3OS. The van der Waals surface area contributed by atoms with Gasteiger partial charge in [0.25, 0.3) is 5.91 Å². The molecule has 0 atom stereocenters. The molecule has 0 unspecified atom stereocenters. The number of nitrogens with one attached hydrogen (secondary N) is 1. The Morgan fingerprint density at radius 1 is 1.00 bits per heavy atom. The summed E-state index contributed by atoms with van der Waals surface area (Å²) in [7, 11) is 0. The third-order valence-corrected chi connectivity index (χ3v) is 5.04. The van der Waals surface area contributed by atoms with E-state index in [2.05, 4.69) is 29.4 Å². The quantitative estimate of drug-likeness (QED) is 0.575. The maximum Gasteiger partial charge on any atom is 0.251 e. The molecule has 1 heterocycles. The minimum atomic E-state index is -0.271. The van der Waals surface area contributed by atoms with Crippen LogP contribution in [-0.4, -0.2) is 22.6 Å². The molecule has 28 heavy (non-hydrogen) atoms. The fourth-order valence-electron chi connectivity index (χ4n) is 2.48. The first-order valence-corrected chi connectivity index (χ1v) is 10.1. The first-order chi connectivity index (χ1) is 13.5. The first-order valence-electron chi connectivity index (χ1n) is 9.11. The van der Waals surface area contributed by atoms with Crippen LogP contribution in [0.4, 0.5) is 4.39 Å². The highest BCUT2D eigenvalue weighted by Crippen LogP contribution is 2.23. The fourth-order valence-corrected chi connectivity index (χ4v) is 3.25. The van der Waals surface area contributed by atoms with E-state index in [1.54, 1.807) is 23.9 Å². The van der Waals surface area contributed by atoms with Crippen LogP contribution in [0.25, 0.3) is 11.3 Å². The maximum atomic E-state index is 13.0. The molecule has 0 saturated heterocycles. The van der Waals surface area contributed by atoms with Crippen molar-refractivity contribution in [2.75, 3.05) is 6.54 Å². The zero-order valence-electron chi connectivity index (χ0n) is 15.9. The van der Waals surface area contributed by atoms with Gasteiger partial charge in [-0.25, -0.2) is 4.39 Å². The number of thioether (sulfide) groups is 1. The second kappa shape index (κ2) is 9.46. The average Bonchev–Trinajstić information content (AvgIpc) is 2.72. The van der Waals surface area contributed by atoms with Gasteiger partial charge in [0.15, 0.2) is 0 Å². The molecule has 3 rings (SSSR count). The fraction of sp³-hybridized carbons (Fsp3) is 0.227. The molecule has 0 radical (unpaired) electrons. The Balaban J connectivity index is 1.55. The smallest absolute Gasteiger partial charge is 0.251 e. The molecule has 4 nitrogen and oxygen atoms in total. The molecule has 3 aromatic rings. The van der Waals surface area contributed by atoms with Crippen LogP contribution < -0.4 is 5.32 Å². The monoisotopic (exact) mass is 395 g/mol. The second-order valence-corrected chi connectivity index (χ2v) is 7.85. The largest absolute Gasteiger partial charge is 0.352 e. The van der Waals surface area contributed by atoms with Gasteiger partial charge in [-0.05, 0) is 60.0 Å². The molecule has 0 bridgehead atoms. The van der Waals surface area contributed by atoms with Crippen molar-refractivity contribution in [1.82, 2.24) is 15.5 Å². The molecule has 0 fully saturated rings. The van der Waals surface area contributed by atoms with Gasteiger partial charge in [0, 0.05) is 23.4 Å². The summed E-state index contributed by atoms with van der Waals surface area (Å²) in [5, 5.41) is 12.2. The molecule has 0 aliphatic rings. The van der Waals surface area contributed by atoms with E-state index in [0.717, 1.165) is 21.9 Å². The summed E-state index contributed by atoms with van der Waals surface area (Å²) < 4.78 is 13.0. The van der Waals surface area contributed by atoms with Crippen molar-refractivity contribution in [3.8, 4) is 11.3 Å². The predicted octanol–water partition coefficient (Wildman–Crippen LogP) is 4.96. The summed E-state index contributed by atoms with van der Waals surface area (Å²) in [5.41, 5.74) is 3.31. The zero-order valence-corrected chi connectivity index (χ0v) is 16.7. The van der Waals surface area contributed by atoms with E-state index >= 15 is 0 Å². The van der Waals surface area contributed by atoms with E-state index in [9.17, 15) is 9.18 Å². The third-order valence-electron chi connectivity index (χ3n) is 4.05. The molecular weight excluding hydrogens is 373 g/mol. The number of halogens is 1. The van der Waals surface area contributed by atoms with Crippen molar-refractivity contribution >= 4 is 17.7 Å². The van der Waals surface area contributed by atoms with Crippen molar-refractivity contribution in [1.29, 1.82) is 0 Å². The Bertz CT molecular complexity index is 910. The number of hydrogen-bond donors (Lipinski definition) is 1. The molecule has 1 amide bonds. The highest BCUT2D eigenvalue weighted by atomic mass is 32.2. The van der Waals surface area contributed by atoms with Crippen molar-refractivity contribution in [2.45, 2.75) is 24.6 Å². The number of benzene rings is 2. The molecule has 1 N–H and O–H groups in total. The van der Waals surface area contributed by atoms with E-state index in [-0.39, 0.29) is 11.7 Å². The molecule has 2 aromatic carbocycles. The van der Waals surface area contributed by atoms with Gasteiger partial charge < -0.3 is 5.32 Å².